The van der Waals surface area contributed by atoms with Crippen LogP contribution in [0.5, 0.6) is 5.75 Å². The number of carbonyl (C=O) groups is 1. The second kappa shape index (κ2) is 7.14. The molecule has 1 heterocycles. The molecule has 4 nitrogen and oxygen atoms in total. The van der Waals surface area contributed by atoms with E-state index in [1.165, 1.54) is 5.56 Å². The normalized spacial score (nSPS) is 16.6. The first-order valence-electron chi connectivity index (χ1n) is 8.14. The molecule has 122 valence electrons. The smallest absolute Gasteiger partial charge is 0.228 e. The summed E-state index contributed by atoms with van der Waals surface area (Å²) in [6, 6.07) is 8.21. The Morgan fingerprint density at radius 3 is 2.36 bits per heavy atom. The highest BCUT2D eigenvalue weighted by molar-refractivity contribution is 5.81. The van der Waals surface area contributed by atoms with Gasteiger partial charge in [0.15, 0.2) is 0 Å². The Morgan fingerprint density at radius 1 is 1.14 bits per heavy atom. The predicted octanol–water partition coefficient (Wildman–Crippen LogP) is 2.78. The zero-order chi connectivity index (χ0) is 16.2. The highest BCUT2D eigenvalue weighted by Crippen LogP contribution is 2.22. The van der Waals surface area contributed by atoms with Crippen molar-refractivity contribution in [3.05, 3.63) is 29.8 Å². The first kappa shape index (κ1) is 16.8. The van der Waals surface area contributed by atoms with Crippen LogP contribution in [0.25, 0.3) is 0 Å². The topological polar surface area (TPSA) is 32.8 Å². The number of carbonyl (C=O) groups excluding carboxylic acids is 1. The Hall–Kier alpha value is -1.55. The molecule has 0 saturated carbocycles. The number of hydrogen-bond donors (Lipinski definition) is 0. The maximum absolute atomic E-state index is 12.3. The summed E-state index contributed by atoms with van der Waals surface area (Å²) >= 11 is 0. The highest BCUT2D eigenvalue weighted by Gasteiger charge is 2.29. The van der Waals surface area contributed by atoms with Crippen molar-refractivity contribution < 1.29 is 9.53 Å². The fourth-order valence-electron chi connectivity index (χ4n) is 2.76. The van der Waals surface area contributed by atoms with Crippen molar-refractivity contribution in [1.82, 2.24) is 9.80 Å². The van der Waals surface area contributed by atoms with Gasteiger partial charge in [-0.1, -0.05) is 39.0 Å². The standard InChI is InChI=1S/C18H28N2O2/c1-5-22-16-9-7-6-8-15(16)14-19-10-12-20(13-11-19)17(21)18(2,3)4/h6-9H,5,10-14H2,1-4H3. The molecule has 0 bridgehead atoms. The molecule has 0 spiro atoms. The maximum atomic E-state index is 12.3. The van der Waals surface area contributed by atoms with Crippen LogP contribution >= 0.6 is 0 Å². The quantitative estimate of drug-likeness (QED) is 0.857. The van der Waals surface area contributed by atoms with E-state index in [4.69, 9.17) is 4.74 Å². The van der Waals surface area contributed by atoms with E-state index >= 15 is 0 Å². The first-order chi connectivity index (χ1) is 10.4. The second-order valence-electron chi connectivity index (χ2n) is 6.86. The molecule has 1 aliphatic rings. The van der Waals surface area contributed by atoms with Crippen LogP contribution in [-0.4, -0.2) is 48.5 Å². The van der Waals surface area contributed by atoms with Gasteiger partial charge in [-0.2, -0.15) is 0 Å². The van der Waals surface area contributed by atoms with Crippen LogP contribution in [0.4, 0.5) is 0 Å². The molecule has 1 aromatic carbocycles. The lowest BCUT2D eigenvalue weighted by molar-refractivity contribution is -0.141. The number of rotatable bonds is 4. The number of para-hydroxylation sites is 1. The summed E-state index contributed by atoms with van der Waals surface area (Å²) in [4.78, 5) is 16.7. The average Bonchev–Trinajstić information content (AvgIpc) is 2.49. The largest absolute Gasteiger partial charge is 0.494 e. The molecule has 1 aliphatic heterocycles. The summed E-state index contributed by atoms with van der Waals surface area (Å²) in [5.74, 6) is 1.22. The number of amides is 1. The Morgan fingerprint density at radius 2 is 1.77 bits per heavy atom. The van der Waals surface area contributed by atoms with Gasteiger partial charge in [-0.15, -0.1) is 0 Å². The second-order valence-corrected chi connectivity index (χ2v) is 6.86. The van der Waals surface area contributed by atoms with Gasteiger partial charge in [-0.05, 0) is 13.0 Å². The minimum Gasteiger partial charge on any atom is -0.494 e. The minimum absolute atomic E-state index is 0.252. The van der Waals surface area contributed by atoms with Gasteiger partial charge in [0.25, 0.3) is 0 Å². The van der Waals surface area contributed by atoms with Gasteiger partial charge in [0, 0.05) is 43.7 Å². The zero-order valence-corrected chi connectivity index (χ0v) is 14.3. The average molecular weight is 304 g/mol. The predicted molar refractivity (Wildman–Crippen MR) is 88.9 cm³/mol. The number of nitrogens with zero attached hydrogens (tertiary/aromatic N) is 2. The van der Waals surface area contributed by atoms with E-state index in [2.05, 4.69) is 17.0 Å². The van der Waals surface area contributed by atoms with Crippen LogP contribution < -0.4 is 4.74 Å². The SMILES string of the molecule is CCOc1ccccc1CN1CCN(C(=O)C(C)(C)C)CC1. The molecular formula is C18H28N2O2. The summed E-state index contributed by atoms with van der Waals surface area (Å²) in [5, 5.41) is 0. The number of ether oxygens (including phenoxy) is 1. The van der Waals surface area contributed by atoms with E-state index in [-0.39, 0.29) is 11.3 Å². The molecule has 2 rings (SSSR count). The van der Waals surface area contributed by atoms with Crippen LogP contribution in [0.3, 0.4) is 0 Å². The molecule has 1 amide bonds. The molecular weight excluding hydrogens is 276 g/mol. The fraction of sp³-hybridized carbons (Fsp3) is 0.611. The Kier molecular flexibility index (Phi) is 5.46. The number of hydrogen-bond acceptors (Lipinski definition) is 3. The lowest BCUT2D eigenvalue weighted by Gasteiger charge is -2.37. The van der Waals surface area contributed by atoms with E-state index in [1.54, 1.807) is 0 Å². The summed E-state index contributed by atoms with van der Waals surface area (Å²) < 4.78 is 5.69. The molecule has 0 unspecified atom stereocenters. The summed E-state index contributed by atoms with van der Waals surface area (Å²) in [6.45, 7) is 13.0. The van der Waals surface area contributed by atoms with Gasteiger partial charge in [-0.25, -0.2) is 0 Å². The summed E-state index contributed by atoms with van der Waals surface area (Å²) in [5.41, 5.74) is 0.934. The molecule has 0 aliphatic carbocycles. The Bertz CT molecular complexity index is 500. The zero-order valence-electron chi connectivity index (χ0n) is 14.3. The van der Waals surface area contributed by atoms with Crippen molar-refractivity contribution in [1.29, 1.82) is 0 Å². The minimum atomic E-state index is -0.288. The van der Waals surface area contributed by atoms with Gasteiger partial charge in [-0.3, -0.25) is 9.69 Å². The third-order valence-corrected chi connectivity index (χ3v) is 3.97. The van der Waals surface area contributed by atoms with Crippen molar-refractivity contribution in [2.75, 3.05) is 32.8 Å². The monoisotopic (exact) mass is 304 g/mol. The fourth-order valence-corrected chi connectivity index (χ4v) is 2.76. The number of benzene rings is 1. The third-order valence-electron chi connectivity index (χ3n) is 3.97. The van der Waals surface area contributed by atoms with Gasteiger partial charge >= 0.3 is 0 Å². The molecule has 22 heavy (non-hydrogen) atoms. The van der Waals surface area contributed by atoms with E-state index in [0.29, 0.717) is 6.61 Å². The molecule has 1 saturated heterocycles. The summed E-state index contributed by atoms with van der Waals surface area (Å²) in [6.07, 6.45) is 0. The van der Waals surface area contributed by atoms with Gasteiger partial charge in [0.1, 0.15) is 5.75 Å². The van der Waals surface area contributed by atoms with Crippen LogP contribution in [0.1, 0.15) is 33.3 Å². The Labute approximate surface area is 134 Å². The van der Waals surface area contributed by atoms with Crippen molar-refractivity contribution in [2.45, 2.75) is 34.2 Å². The van der Waals surface area contributed by atoms with E-state index in [0.717, 1.165) is 38.5 Å². The molecule has 0 radical (unpaired) electrons. The van der Waals surface area contributed by atoms with Crippen LogP contribution in [0.15, 0.2) is 24.3 Å². The van der Waals surface area contributed by atoms with Gasteiger partial charge < -0.3 is 9.64 Å². The molecule has 1 aromatic rings. The summed E-state index contributed by atoms with van der Waals surface area (Å²) in [7, 11) is 0. The van der Waals surface area contributed by atoms with Crippen molar-refractivity contribution in [2.24, 2.45) is 5.41 Å². The number of piperazine rings is 1. The van der Waals surface area contributed by atoms with Crippen LogP contribution in [0, 0.1) is 5.41 Å². The lowest BCUT2D eigenvalue weighted by atomic mass is 9.94. The van der Waals surface area contributed by atoms with E-state index in [1.807, 2.05) is 44.7 Å². The van der Waals surface area contributed by atoms with Crippen LogP contribution in [-0.2, 0) is 11.3 Å². The molecule has 1 fully saturated rings. The van der Waals surface area contributed by atoms with Gasteiger partial charge in [0.2, 0.25) is 5.91 Å². The highest BCUT2D eigenvalue weighted by atomic mass is 16.5. The van der Waals surface area contributed by atoms with Crippen molar-refractivity contribution in [3.63, 3.8) is 0 Å². The van der Waals surface area contributed by atoms with E-state index < -0.39 is 0 Å². The Balaban J connectivity index is 1.92. The molecule has 4 heteroatoms. The maximum Gasteiger partial charge on any atom is 0.228 e. The first-order valence-corrected chi connectivity index (χ1v) is 8.14. The van der Waals surface area contributed by atoms with E-state index in [9.17, 15) is 4.79 Å². The molecule has 0 atom stereocenters. The lowest BCUT2D eigenvalue weighted by Crippen LogP contribution is -2.51. The van der Waals surface area contributed by atoms with Crippen molar-refractivity contribution >= 4 is 5.91 Å². The van der Waals surface area contributed by atoms with Crippen molar-refractivity contribution in [3.8, 4) is 5.75 Å². The third kappa shape index (κ3) is 4.23. The van der Waals surface area contributed by atoms with Crippen LogP contribution in [0.2, 0.25) is 0 Å². The van der Waals surface area contributed by atoms with Gasteiger partial charge in [0.05, 0.1) is 6.61 Å². The molecule has 0 N–H and O–H groups in total. The molecule has 0 aromatic heterocycles.